The summed E-state index contributed by atoms with van der Waals surface area (Å²) in [7, 11) is 1.55. The van der Waals surface area contributed by atoms with Gasteiger partial charge < -0.3 is 15.5 Å². The van der Waals surface area contributed by atoms with Crippen LogP contribution in [0.2, 0.25) is 0 Å². The minimum atomic E-state index is -0.747. The predicted molar refractivity (Wildman–Crippen MR) is 115 cm³/mol. The number of benzene rings is 2. The molecule has 2 aromatic carbocycles. The summed E-state index contributed by atoms with van der Waals surface area (Å²) in [6.07, 6.45) is 0. The van der Waals surface area contributed by atoms with Gasteiger partial charge in [-0.1, -0.05) is 35.4 Å². The number of carbonyl (C=O) groups excluding carboxylic acids is 3. The minimum Gasteiger partial charge on any atom is -0.341 e. The lowest BCUT2D eigenvalue weighted by Crippen LogP contribution is -2.47. The van der Waals surface area contributed by atoms with Gasteiger partial charge in [-0.3, -0.25) is 14.4 Å². The molecular weight excluding hydrogens is 366 g/mol. The van der Waals surface area contributed by atoms with Crippen molar-refractivity contribution in [1.29, 1.82) is 0 Å². The summed E-state index contributed by atoms with van der Waals surface area (Å²) in [5.74, 6) is -0.940. The highest BCUT2D eigenvalue weighted by atomic mass is 16.2. The van der Waals surface area contributed by atoms with E-state index in [1.165, 1.54) is 4.90 Å². The monoisotopic (exact) mass is 395 g/mol. The number of aryl methyl sites for hydroxylation is 4. The lowest BCUT2D eigenvalue weighted by molar-refractivity contribution is -0.134. The van der Waals surface area contributed by atoms with E-state index in [0.29, 0.717) is 5.56 Å². The topological polar surface area (TPSA) is 78.5 Å². The SMILES string of the molecule is Cc1cccc(C(=O)NC(C)C(=O)N(C)CC(=O)Nc2c(C)cc(C)cc2C)c1. The Hall–Kier alpha value is -3.15. The third kappa shape index (κ3) is 5.91. The third-order valence-corrected chi connectivity index (χ3v) is 4.70. The Kier molecular flexibility index (Phi) is 7.15. The Labute approximate surface area is 172 Å². The molecule has 3 amide bonds. The molecule has 2 N–H and O–H groups in total. The quantitative estimate of drug-likeness (QED) is 0.789. The number of carbonyl (C=O) groups is 3. The summed E-state index contributed by atoms with van der Waals surface area (Å²) in [5.41, 5.74) is 5.31. The van der Waals surface area contributed by atoms with Gasteiger partial charge in [-0.05, 0) is 57.9 Å². The molecule has 29 heavy (non-hydrogen) atoms. The Bertz CT molecular complexity index is 914. The van der Waals surface area contributed by atoms with Crippen molar-refractivity contribution in [1.82, 2.24) is 10.2 Å². The summed E-state index contributed by atoms with van der Waals surface area (Å²) < 4.78 is 0. The van der Waals surface area contributed by atoms with E-state index >= 15 is 0 Å². The molecule has 1 unspecified atom stereocenters. The van der Waals surface area contributed by atoms with E-state index in [1.54, 1.807) is 32.2 Å². The number of anilines is 1. The van der Waals surface area contributed by atoms with Crippen LogP contribution in [0.4, 0.5) is 5.69 Å². The first-order valence-corrected chi connectivity index (χ1v) is 9.58. The maximum Gasteiger partial charge on any atom is 0.251 e. The van der Waals surface area contributed by atoms with Crippen LogP contribution in [-0.4, -0.2) is 42.3 Å². The highest BCUT2D eigenvalue weighted by Crippen LogP contribution is 2.21. The van der Waals surface area contributed by atoms with Crippen molar-refractivity contribution in [2.45, 2.75) is 40.7 Å². The molecule has 0 aliphatic heterocycles. The Balaban J connectivity index is 1.95. The van der Waals surface area contributed by atoms with Gasteiger partial charge in [-0.2, -0.15) is 0 Å². The Morgan fingerprint density at radius 3 is 2.17 bits per heavy atom. The highest BCUT2D eigenvalue weighted by Gasteiger charge is 2.22. The average molecular weight is 396 g/mol. The lowest BCUT2D eigenvalue weighted by Gasteiger charge is -2.22. The van der Waals surface area contributed by atoms with Crippen molar-refractivity contribution in [3.63, 3.8) is 0 Å². The van der Waals surface area contributed by atoms with Crippen LogP contribution < -0.4 is 10.6 Å². The predicted octanol–water partition coefficient (Wildman–Crippen LogP) is 3.14. The van der Waals surface area contributed by atoms with Gasteiger partial charge in [0, 0.05) is 18.3 Å². The van der Waals surface area contributed by atoms with Crippen LogP contribution in [0, 0.1) is 27.7 Å². The fraction of sp³-hybridized carbons (Fsp3) is 0.348. The van der Waals surface area contributed by atoms with E-state index < -0.39 is 6.04 Å². The van der Waals surface area contributed by atoms with Gasteiger partial charge >= 0.3 is 0 Å². The fourth-order valence-electron chi connectivity index (χ4n) is 3.31. The maximum atomic E-state index is 12.6. The molecule has 0 bridgehead atoms. The van der Waals surface area contributed by atoms with E-state index in [1.807, 2.05) is 45.9 Å². The summed E-state index contributed by atoms with van der Waals surface area (Å²) in [4.78, 5) is 38.7. The zero-order valence-electron chi connectivity index (χ0n) is 17.9. The molecule has 6 nitrogen and oxygen atoms in total. The second-order valence-electron chi connectivity index (χ2n) is 7.58. The van der Waals surface area contributed by atoms with Crippen LogP contribution in [0.1, 0.15) is 39.5 Å². The van der Waals surface area contributed by atoms with Crippen LogP contribution in [0.15, 0.2) is 36.4 Å². The lowest BCUT2D eigenvalue weighted by atomic mass is 10.1. The fourth-order valence-corrected chi connectivity index (χ4v) is 3.31. The second kappa shape index (κ2) is 9.37. The number of rotatable bonds is 6. The zero-order chi connectivity index (χ0) is 21.7. The average Bonchev–Trinajstić information content (AvgIpc) is 2.63. The van der Waals surface area contributed by atoms with Crippen molar-refractivity contribution in [2.24, 2.45) is 0 Å². The largest absolute Gasteiger partial charge is 0.341 e. The molecule has 0 aliphatic rings. The molecule has 0 aliphatic carbocycles. The number of nitrogens with zero attached hydrogens (tertiary/aromatic N) is 1. The van der Waals surface area contributed by atoms with Crippen LogP contribution in [0.5, 0.6) is 0 Å². The molecule has 154 valence electrons. The normalized spacial score (nSPS) is 11.5. The van der Waals surface area contributed by atoms with Gasteiger partial charge in [0.1, 0.15) is 6.04 Å². The molecule has 0 heterocycles. The van der Waals surface area contributed by atoms with Crippen LogP contribution in [-0.2, 0) is 9.59 Å². The first-order valence-electron chi connectivity index (χ1n) is 9.58. The molecule has 0 radical (unpaired) electrons. The smallest absolute Gasteiger partial charge is 0.251 e. The number of likely N-dealkylation sites (N-methyl/N-ethyl adjacent to an activating group) is 1. The van der Waals surface area contributed by atoms with Crippen molar-refractivity contribution in [3.8, 4) is 0 Å². The number of hydrogen-bond acceptors (Lipinski definition) is 3. The second-order valence-corrected chi connectivity index (χ2v) is 7.58. The molecule has 6 heteroatoms. The summed E-state index contributed by atoms with van der Waals surface area (Å²) in [6, 6.07) is 10.4. The Morgan fingerprint density at radius 1 is 0.966 bits per heavy atom. The molecule has 0 fully saturated rings. The molecule has 0 saturated carbocycles. The molecule has 0 spiro atoms. The van der Waals surface area contributed by atoms with Gasteiger partial charge in [-0.25, -0.2) is 0 Å². The van der Waals surface area contributed by atoms with E-state index in [4.69, 9.17) is 0 Å². The summed E-state index contributed by atoms with van der Waals surface area (Å²) in [6.45, 7) is 9.29. The van der Waals surface area contributed by atoms with Crippen molar-refractivity contribution in [3.05, 3.63) is 64.2 Å². The van der Waals surface area contributed by atoms with E-state index in [-0.39, 0.29) is 24.3 Å². The van der Waals surface area contributed by atoms with E-state index in [2.05, 4.69) is 10.6 Å². The molecule has 1 atom stereocenters. The molecule has 2 aromatic rings. The summed E-state index contributed by atoms with van der Waals surface area (Å²) >= 11 is 0. The summed E-state index contributed by atoms with van der Waals surface area (Å²) in [5, 5.41) is 5.57. The molecule has 2 rings (SSSR count). The van der Waals surface area contributed by atoms with Crippen molar-refractivity contribution < 1.29 is 14.4 Å². The molecular formula is C23H29N3O3. The van der Waals surface area contributed by atoms with Crippen molar-refractivity contribution in [2.75, 3.05) is 18.9 Å². The van der Waals surface area contributed by atoms with Gasteiger partial charge in [0.25, 0.3) is 5.91 Å². The van der Waals surface area contributed by atoms with Gasteiger partial charge in [0.15, 0.2) is 0 Å². The zero-order valence-corrected chi connectivity index (χ0v) is 17.9. The number of hydrogen-bond donors (Lipinski definition) is 2. The van der Waals surface area contributed by atoms with E-state index in [0.717, 1.165) is 27.9 Å². The minimum absolute atomic E-state index is 0.101. The first kappa shape index (κ1) is 22.1. The standard InChI is InChI=1S/C23H29N3O3/c1-14-8-7-9-19(12-14)22(28)24-18(5)23(29)26(6)13-20(27)25-21-16(3)10-15(2)11-17(21)4/h7-12,18H,13H2,1-6H3,(H,24,28)(H,25,27). The van der Waals surface area contributed by atoms with Gasteiger partial charge in [-0.15, -0.1) is 0 Å². The number of amides is 3. The molecule has 0 aromatic heterocycles. The van der Waals surface area contributed by atoms with Gasteiger partial charge in [0.2, 0.25) is 11.8 Å². The first-order chi connectivity index (χ1) is 13.6. The van der Waals surface area contributed by atoms with Crippen molar-refractivity contribution >= 4 is 23.4 Å². The number of nitrogens with one attached hydrogen (secondary N) is 2. The van der Waals surface area contributed by atoms with E-state index in [9.17, 15) is 14.4 Å². The van der Waals surface area contributed by atoms with Crippen LogP contribution in [0.3, 0.4) is 0 Å². The highest BCUT2D eigenvalue weighted by molar-refractivity contribution is 5.99. The maximum absolute atomic E-state index is 12.6. The van der Waals surface area contributed by atoms with Gasteiger partial charge in [0.05, 0.1) is 6.54 Å². The van der Waals surface area contributed by atoms with Crippen LogP contribution in [0.25, 0.3) is 0 Å². The Morgan fingerprint density at radius 2 is 1.59 bits per heavy atom. The third-order valence-electron chi connectivity index (χ3n) is 4.70. The molecule has 0 saturated heterocycles. The van der Waals surface area contributed by atoms with Crippen LogP contribution >= 0.6 is 0 Å².